The second kappa shape index (κ2) is 8.88. The van der Waals surface area contributed by atoms with E-state index in [0.29, 0.717) is 13.2 Å². The van der Waals surface area contributed by atoms with Crippen LogP contribution < -0.4 is 10.6 Å². The predicted molar refractivity (Wildman–Crippen MR) is 76.2 cm³/mol. The van der Waals surface area contributed by atoms with Gasteiger partial charge in [-0.15, -0.1) is 11.3 Å². The summed E-state index contributed by atoms with van der Waals surface area (Å²) < 4.78 is 5.27. The summed E-state index contributed by atoms with van der Waals surface area (Å²) in [5, 5.41) is 7.46. The molecule has 1 aromatic rings. The van der Waals surface area contributed by atoms with Gasteiger partial charge in [-0.3, -0.25) is 0 Å². The fourth-order valence-corrected chi connectivity index (χ4v) is 2.06. The van der Waals surface area contributed by atoms with Gasteiger partial charge in [0.15, 0.2) is 5.96 Å². The Morgan fingerprint density at radius 3 is 2.89 bits per heavy atom. The molecule has 1 rings (SSSR count). The summed E-state index contributed by atoms with van der Waals surface area (Å²) >= 11 is 1.68. The fraction of sp³-hybridized carbons (Fsp3) is 0.667. The SMILES string of the molecule is CCNC(=NCc1ncc(C)s1)NCCOCC. The number of nitrogens with zero attached hydrogens (tertiary/aromatic N) is 2. The number of rotatable bonds is 7. The van der Waals surface area contributed by atoms with Crippen LogP contribution in [0.3, 0.4) is 0 Å². The van der Waals surface area contributed by atoms with Crippen LogP contribution in [-0.4, -0.2) is 37.2 Å². The van der Waals surface area contributed by atoms with E-state index in [1.165, 1.54) is 4.88 Å². The second-order valence-electron chi connectivity index (χ2n) is 3.68. The van der Waals surface area contributed by atoms with Crippen molar-refractivity contribution in [3.63, 3.8) is 0 Å². The summed E-state index contributed by atoms with van der Waals surface area (Å²) in [7, 11) is 0. The molecule has 2 N–H and O–H groups in total. The lowest BCUT2D eigenvalue weighted by Crippen LogP contribution is -2.38. The number of aryl methyl sites for hydroxylation is 1. The van der Waals surface area contributed by atoms with Gasteiger partial charge >= 0.3 is 0 Å². The summed E-state index contributed by atoms with van der Waals surface area (Å²) in [5.41, 5.74) is 0. The highest BCUT2D eigenvalue weighted by atomic mass is 32.1. The molecule has 0 amide bonds. The summed E-state index contributed by atoms with van der Waals surface area (Å²) in [6.45, 7) is 9.75. The van der Waals surface area contributed by atoms with Gasteiger partial charge in [0.1, 0.15) is 5.01 Å². The van der Waals surface area contributed by atoms with Crippen molar-refractivity contribution in [2.75, 3.05) is 26.3 Å². The van der Waals surface area contributed by atoms with Gasteiger partial charge in [0.25, 0.3) is 0 Å². The number of thiazole rings is 1. The molecule has 0 fully saturated rings. The average molecular weight is 270 g/mol. The van der Waals surface area contributed by atoms with E-state index in [-0.39, 0.29) is 0 Å². The molecule has 0 aliphatic carbocycles. The molecule has 0 saturated carbocycles. The fourth-order valence-electron chi connectivity index (χ4n) is 1.35. The van der Waals surface area contributed by atoms with Crippen LogP contribution in [-0.2, 0) is 11.3 Å². The Morgan fingerprint density at radius 1 is 1.44 bits per heavy atom. The molecule has 0 aliphatic heterocycles. The van der Waals surface area contributed by atoms with Crippen LogP contribution in [0.4, 0.5) is 0 Å². The smallest absolute Gasteiger partial charge is 0.191 e. The van der Waals surface area contributed by atoms with Gasteiger partial charge in [-0.25, -0.2) is 9.98 Å². The topological polar surface area (TPSA) is 58.5 Å². The molecular weight excluding hydrogens is 248 g/mol. The number of aromatic nitrogens is 1. The molecule has 0 spiro atoms. The summed E-state index contributed by atoms with van der Waals surface area (Å²) in [6, 6.07) is 0. The van der Waals surface area contributed by atoms with Crippen molar-refractivity contribution >= 4 is 17.3 Å². The van der Waals surface area contributed by atoms with E-state index in [9.17, 15) is 0 Å². The molecule has 5 nitrogen and oxygen atoms in total. The number of aliphatic imine (C=N–C) groups is 1. The average Bonchev–Trinajstić information content (AvgIpc) is 2.77. The lowest BCUT2D eigenvalue weighted by atomic mass is 10.6. The molecule has 0 aromatic carbocycles. The minimum absolute atomic E-state index is 0.614. The first-order valence-corrected chi connectivity index (χ1v) is 7.09. The summed E-state index contributed by atoms with van der Waals surface area (Å²) in [5.74, 6) is 0.810. The van der Waals surface area contributed by atoms with Crippen molar-refractivity contribution in [3.05, 3.63) is 16.1 Å². The molecule has 0 atom stereocenters. The van der Waals surface area contributed by atoms with Crippen molar-refractivity contribution in [1.82, 2.24) is 15.6 Å². The zero-order valence-corrected chi connectivity index (χ0v) is 12.1. The van der Waals surface area contributed by atoms with E-state index < -0.39 is 0 Å². The third-order valence-corrected chi connectivity index (χ3v) is 3.03. The molecular formula is C12H22N4OS. The lowest BCUT2D eigenvalue weighted by Gasteiger charge is -2.10. The molecule has 0 bridgehead atoms. The molecule has 1 heterocycles. The zero-order chi connectivity index (χ0) is 13.2. The predicted octanol–water partition coefficient (Wildman–Crippen LogP) is 1.54. The van der Waals surface area contributed by atoms with Gasteiger partial charge in [-0.05, 0) is 20.8 Å². The maximum atomic E-state index is 5.27. The lowest BCUT2D eigenvalue weighted by molar-refractivity contribution is 0.152. The molecule has 6 heteroatoms. The van der Waals surface area contributed by atoms with Gasteiger partial charge in [0.05, 0.1) is 13.2 Å². The number of hydrogen-bond donors (Lipinski definition) is 2. The maximum absolute atomic E-state index is 5.27. The summed E-state index contributed by atoms with van der Waals surface area (Å²) in [4.78, 5) is 9.99. The van der Waals surface area contributed by atoms with E-state index in [4.69, 9.17) is 4.74 Å². The van der Waals surface area contributed by atoms with Crippen molar-refractivity contribution < 1.29 is 4.74 Å². The zero-order valence-electron chi connectivity index (χ0n) is 11.3. The molecule has 1 aromatic heterocycles. The van der Waals surface area contributed by atoms with Crippen molar-refractivity contribution in [3.8, 4) is 0 Å². The minimum atomic E-state index is 0.614. The van der Waals surface area contributed by atoms with Gasteiger partial charge < -0.3 is 15.4 Å². The normalized spacial score (nSPS) is 11.6. The molecule has 0 aliphatic rings. The molecule has 0 unspecified atom stereocenters. The van der Waals surface area contributed by atoms with Crippen LogP contribution in [0.1, 0.15) is 23.7 Å². The number of ether oxygens (including phenoxy) is 1. The van der Waals surface area contributed by atoms with Crippen molar-refractivity contribution in [2.45, 2.75) is 27.3 Å². The largest absolute Gasteiger partial charge is 0.380 e. The van der Waals surface area contributed by atoms with E-state index in [2.05, 4.69) is 27.5 Å². The van der Waals surface area contributed by atoms with Crippen LogP contribution in [0, 0.1) is 6.92 Å². The maximum Gasteiger partial charge on any atom is 0.191 e. The van der Waals surface area contributed by atoms with Gasteiger partial charge in [0.2, 0.25) is 0 Å². The summed E-state index contributed by atoms with van der Waals surface area (Å²) in [6.07, 6.45) is 1.88. The Kier molecular flexibility index (Phi) is 7.36. The van der Waals surface area contributed by atoms with Gasteiger partial charge in [-0.2, -0.15) is 0 Å². The van der Waals surface area contributed by atoms with E-state index in [1.807, 2.05) is 20.0 Å². The Labute approximate surface area is 113 Å². The highest BCUT2D eigenvalue weighted by Gasteiger charge is 1.99. The quantitative estimate of drug-likeness (QED) is 0.448. The minimum Gasteiger partial charge on any atom is -0.380 e. The second-order valence-corrected chi connectivity index (χ2v) is 5.00. The highest BCUT2D eigenvalue weighted by Crippen LogP contribution is 2.11. The van der Waals surface area contributed by atoms with Gasteiger partial charge in [-0.1, -0.05) is 0 Å². The Morgan fingerprint density at radius 2 is 2.28 bits per heavy atom. The standard InChI is InChI=1S/C12H22N4OS/c1-4-13-12(14-6-7-17-5-2)16-9-11-15-8-10(3)18-11/h8H,4-7,9H2,1-3H3,(H2,13,14,16). The van der Waals surface area contributed by atoms with Crippen LogP contribution in [0.2, 0.25) is 0 Å². The third-order valence-electron chi connectivity index (χ3n) is 2.13. The van der Waals surface area contributed by atoms with Crippen LogP contribution in [0.5, 0.6) is 0 Å². The number of hydrogen-bond acceptors (Lipinski definition) is 4. The first kappa shape index (κ1) is 14.9. The molecule has 102 valence electrons. The highest BCUT2D eigenvalue weighted by molar-refractivity contribution is 7.11. The molecule has 18 heavy (non-hydrogen) atoms. The first-order valence-electron chi connectivity index (χ1n) is 6.27. The monoisotopic (exact) mass is 270 g/mol. The number of nitrogens with one attached hydrogen (secondary N) is 2. The van der Waals surface area contributed by atoms with Gasteiger partial charge in [0, 0.05) is 30.8 Å². The van der Waals surface area contributed by atoms with Crippen LogP contribution >= 0.6 is 11.3 Å². The third kappa shape index (κ3) is 5.97. The first-order chi connectivity index (χ1) is 8.76. The molecule has 0 saturated heterocycles. The Hall–Kier alpha value is -1.14. The van der Waals surface area contributed by atoms with E-state index in [0.717, 1.165) is 30.7 Å². The Balaban J connectivity index is 2.39. The van der Waals surface area contributed by atoms with Crippen LogP contribution in [0.25, 0.3) is 0 Å². The Bertz CT molecular complexity index is 365. The number of guanidine groups is 1. The van der Waals surface area contributed by atoms with Crippen molar-refractivity contribution in [1.29, 1.82) is 0 Å². The molecule has 0 radical (unpaired) electrons. The van der Waals surface area contributed by atoms with E-state index in [1.54, 1.807) is 11.3 Å². The van der Waals surface area contributed by atoms with Crippen LogP contribution in [0.15, 0.2) is 11.2 Å². The van der Waals surface area contributed by atoms with E-state index >= 15 is 0 Å². The van der Waals surface area contributed by atoms with Crippen molar-refractivity contribution in [2.24, 2.45) is 4.99 Å².